The normalized spacial score (nSPS) is 16.6. The van der Waals surface area contributed by atoms with Crippen LogP contribution in [0.25, 0.3) is 11.4 Å². The van der Waals surface area contributed by atoms with Gasteiger partial charge in [-0.3, -0.25) is 0 Å². The van der Waals surface area contributed by atoms with Gasteiger partial charge in [-0.1, -0.05) is 37.6 Å². The summed E-state index contributed by atoms with van der Waals surface area (Å²) in [4.78, 5) is 15.9. The molecule has 126 valence electrons. The number of carbonyl (C=O) groups is 1. The molecule has 1 atom stereocenters. The number of nitrogens with zero attached hydrogens (tertiary/aromatic N) is 5. The highest BCUT2D eigenvalue weighted by atomic mass is 16.2. The average molecular weight is 326 g/mol. The summed E-state index contributed by atoms with van der Waals surface area (Å²) >= 11 is 0. The molecule has 0 saturated heterocycles. The Labute approximate surface area is 141 Å². The summed E-state index contributed by atoms with van der Waals surface area (Å²) in [6.45, 7) is 4.75. The van der Waals surface area contributed by atoms with E-state index in [9.17, 15) is 4.79 Å². The number of benzene rings is 1. The summed E-state index contributed by atoms with van der Waals surface area (Å²) in [5.74, 6) is 0.541. The molecular formula is C17H22N6O. The van der Waals surface area contributed by atoms with E-state index in [1.165, 1.54) is 4.80 Å². The summed E-state index contributed by atoms with van der Waals surface area (Å²) in [7, 11) is 1.72. The molecule has 1 aliphatic rings. The number of carbonyl (C=O) groups excluding carboxylic acids is 1. The predicted octanol–water partition coefficient (Wildman–Crippen LogP) is 2.76. The Morgan fingerprint density at radius 2 is 2.25 bits per heavy atom. The van der Waals surface area contributed by atoms with Crippen LogP contribution in [-0.4, -0.2) is 43.7 Å². The molecule has 3 rings (SSSR count). The molecule has 1 aromatic heterocycles. The van der Waals surface area contributed by atoms with E-state index < -0.39 is 0 Å². The molecule has 0 saturated carbocycles. The van der Waals surface area contributed by atoms with Crippen molar-refractivity contribution in [3.63, 3.8) is 0 Å². The van der Waals surface area contributed by atoms with E-state index in [2.05, 4.69) is 33.7 Å². The lowest BCUT2D eigenvalue weighted by Crippen LogP contribution is -2.39. The Morgan fingerprint density at radius 1 is 1.42 bits per heavy atom. The van der Waals surface area contributed by atoms with Crippen molar-refractivity contribution >= 4 is 11.7 Å². The lowest BCUT2D eigenvalue weighted by atomic mass is 10.1. The van der Waals surface area contributed by atoms with Crippen molar-refractivity contribution in [2.45, 2.75) is 32.7 Å². The standard InChI is InChI=1S/C17H22N6O/c1-4-6-14-7-5-10-23(14)17(24)18-15-11-13(9-8-12(15)2)16-19-21-22(3)20-16/h5,7-9,11,14H,4,6,10H2,1-3H3,(H,18,24). The van der Waals surface area contributed by atoms with Crippen molar-refractivity contribution in [2.24, 2.45) is 7.05 Å². The lowest BCUT2D eigenvalue weighted by Gasteiger charge is -2.25. The first-order valence-electron chi connectivity index (χ1n) is 8.17. The van der Waals surface area contributed by atoms with Crippen LogP contribution in [0.2, 0.25) is 0 Å². The quantitative estimate of drug-likeness (QED) is 0.877. The molecule has 7 heteroatoms. The maximum Gasteiger partial charge on any atom is 0.322 e. The van der Waals surface area contributed by atoms with Gasteiger partial charge in [0.2, 0.25) is 5.82 Å². The van der Waals surface area contributed by atoms with Gasteiger partial charge in [-0.15, -0.1) is 10.2 Å². The Morgan fingerprint density at radius 3 is 2.96 bits per heavy atom. The fourth-order valence-corrected chi connectivity index (χ4v) is 2.83. The van der Waals surface area contributed by atoms with E-state index >= 15 is 0 Å². The molecular weight excluding hydrogens is 304 g/mol. The first-order chi connectivity index (χ1) is 11.6. The summed E-state index contributed by atoms with van der Waals surface area (Å²) < 4.78 is 0. The summed E-state index contributed by atoms with van der Waals surface area (Å²) in [5.41, 5.74) is 2.59. The zero-order valence-electron chi connectivity index (χ0n) is 14.2. The van der Waals surface area contributed by atoms with Gasteiger partial charge in [0.15, 0.2) is 0 Å². The van der Waals surface area contributed by atoms with Crippen molar-refractivity contribution in [1.82, 2.24) is 25.1 Å². The molecule has 0 aliphatic carbocycles. The smallest absolute Gasteiger partial charge is 0.314 e. The van der Waals surface area contributed by atoms with Crippen LogP contribution in [0.1, 0.15) is 25.3 Å². The molecule has 1 N–H and O–H groups in total. The van der Waals surface area contributed by atoms with Crippen LogP contribution in [0.15, 0.2) is 30.4 Å². The Balaban J connectivity index is 1.78. The number of hydrogen-bond donors (Lipinski definition) is 1. The van der Waals surface area contributed by atoms with Gasteiger partial charge in [0.1, 0.15) is 0 Å². The van der Waals surface area contributed by atoms with Gasteiger partial charge in [0, 0.05) is 17.8 Å². The monoisotopic (exact) mass is 326 g/mol. The van der Waals surface area contributed by atoms with Gasteiger partial charge >= 0.3 is 6.03 Å². The number of rotatable bonds is 4. The molecule has 2 amide bonds. The molecule has 0 bridgehead atoms. The maximum absolute atomic E-state index is 12.6. The van der Waals surface area contributed by atoms with Gasteiger partial charge in [-0.05, 0) is 30.2 Å². The van der Waals surface area contributed by atoms with E-state index in [1.54, 1.807) is 7.05 Å². The molecule has 2 heterocycles. The van der Waals surface area contributed by atoms with Crippen molar-refractivity contribution in [1.29, 1.82) is 0 Å². The van der Waals surface area contributed by atoms with Crippen molar-refractivity contribution in [3.05, 3.63) is 35.9 Å². The largest absolute Gasteiger partial charge is 0.322 e. The molecule has 0 spiro atoms. The van der Waals surface area contributed by atoms with Crippen LogP contribution < -0.4 is 5.32 Å². The second kappa shape index (κ2) is 6.82. The highest BCUT2D eigenvalue weighted by molar-refractivity contribution is 5.91. The van der Waals surface area contributed by atoms with Crippen LogP contribution in [0.4, 0.5) is 10.5 Å². The fourth-order valence-electron chi connectivity index (χ4n) is 2.83. The van der Waals surface area contributed by atoms with Crippen LogP contribution >= 0.6 is 0 Å². The first-order valence-corrected chi connectivity index (χ1v) is 8.17. The molecule has 7 nitrogen and oxygen atoms in total. The Kier molecular flexibility index (Phi) is 4.59. The number of anilines is 1. The number of aromatic nitrogens is 4. The molecule has 0 radical (unpaired) electrons. The summed E-state index contributed by atoms with van der Waals surface area (Å²) in [6, 6.07) is 5.88. The Hall–Kier alpha value is -2.70. The summed E-state index contributed by atoms with van der Waals surface area (Å²) in [5, 5.41) is 15.1. The third-order valence-corrected chi connectivity index (χ3v) is 4.15. The van der Waals surface area contributed by atoms with E-state index in [0.29, 0.717) is 12.4 Å². The average Bonchev–Trinajstić information content (AvgIpc) is 3.19. The van der Waals surface area contributed by atoms with Gasteiger partial charge in [-0.2, -0.15) is 4.80 Å². The molecule has 24 heavy (non-hydrogen) atoms. The van der Waals surface area contributed by atoms with Crippen molar-refractivity contribution < 1.29 is 4.79 Å². The Bertz CT molecular complexity index is 766. The minimum absolute atomic E-state index is 0.0780. The van der Waals surface area contributed by atoms with E-state index in [4.69, 9.17) is 0 Å². The van der Waals surface area contributed by atoms with Crippen molar-refractivity contribution in [2.75, 3.05) is 11.9 Å². The highest BCUT2D eigenvalue weighted by Crippen LogP contribution is 2.24. The van der Waals surface area contributed by atoms with Crippen LogP contribution in [0.3, 0.4) is 0 Å². The summed E-state index contributed by atoms with van der Waals surface area (Å²) in [6.07, 6.45) is 6.18. The third kappa shape index (κ3) is 3.29. The van der Waals surface area contributed by atoms with Gasteiger partial charge in [0.05, 0.1) is 13.1 Å². The molecule has 2 aromatic rings. The SMILES string of the molecule is CCCC1C=CCN1C(=O)Nc1cc(-c2nnn(C)n2)ccc1C. The van der Waals surface area contributed by atoms with Crippen LogP contribution in [-0.2, 0) is 7.05 Å². The van der Waals surface area contributed by atoms with Gasteiger partial charge in [0.25, 0.3) is 0 Å². The second-order valence-corrected chi connectivity index (χ2v) is 6.00. The van der Waals surface area contributed by atoms with E-state index in [0.717, 1.165) is 29.7 Å². The zero-order valence-corrected chi connectivity index (χ0v) is 14.2. The minimum atomic E-state index is -0.0780. The van der Waals surface area contributed by atoms with Gasteiger partial charge < -0.3 is 10.2 Å². The lowest BCUT2D eigenvalue weighted by molar-refractivity contribution is 0.208. The molecule has 1 aliphatic heterocycles. The third-order valence-electron chi connectivity index (χ3n) is 4.15. The first kappa shape index (κ1) is 16.2. The van der Waals surface area contributed by atoms with Crippen LogP contribution in [0.5, 0.6) is 0 Å². The van der Waals surface area contributed by atoms with Crippen LogP contribution in [0, 0.1) is 6.92 Å². The predicted molar refractivity (Wildman–Crippen MR) is 92.5 cm³/mol. The highest BCUT2D eigenvalue weighted by Gasteiger charge is 2.24. The van der Waals surface area contributed by atoms with Gasteiger partial charge in [-0.25, -0.2) is 4.79 Å². The molecule has 0 fully saturated rings. The second-order valence-electron chi connectivity index (χ2n) is 6.00. The van der Waals surface area contributed by atoms with Crippen molar-refractivity contribution in [3.8, 4) is 11.4 Å². The number of nitrogens with one attached hydrogen (secondary N) is 1. The fraction of sp³-hybridized carbons (Fsp3) is 0.412. The topological polar surface area (TPSA) is 75.9 Å². The van der Waals surface area contributed by atoms with E-state index in [1.807, 2.05) is 36.1 Å². The maximum atomic E-state index is 12.6. The number of aryl methyl sites for hydroxylation is 2. The zero-order chi connectivity index (χ0) is 17.1. The minimum Gasteiger partial charge on any atom is -0.314 e. The number of urea groups is 1. The molecule has 1 aromatic carbocycles. The number of hydrogen-bond acceptors (Lipinski definition) is 4. The number of amides is 2. The molecule has 1 unspecified atom stereocenters. The van der Waals surface area contributed by atoms with E-state index in [-0.39, 0.29) is 12.1 Å². The number of tetrazole rings is 1.